The van der Waals surface area contributed by atoms with Gasteiger partial charge in [0.2, 0.25) is 11.8 Å². The summed E-state index contributed by atoms with van der Waals surface area (Å²) in [6.07, 6.45) is 3.76. The van der Waals surface area contributed by atoms with Gasteiger partial charge in [0.05, 0.1) is 5.92 Å². The highest BCUT2D eigenvalue weighted by molar-refractivity contribution is 6.39. The Balaban J connectivity index is 1.64. The maximum absolute atomic E-state index is 12.7. The molecule has 1 aromatic heterocycles. The average molecular weight is 357 g/mol. The van der Waals surface area contributed by atoms with Crippen LogP contribution in [0.15, 0.2) is 23.4 Å². The zero-order valence-corrected chi connectivity index (χ0v) is 15.1. The summed E-state index contributed by atoms with van der Waals surface area (Å²) in [5.74, 6) is -0.128. The number of hydrazone groups is 1. The lowest BCUT2D eigenvalue weighted by Crippen LogP contribution is -2.47. The maximum Gasteiger partial charge on any atom is 0.270 e. The number of carbonyl (C=O) groups is 3. The summed E-state index contributed by atoms with van der Waals surface area (Å²) in [4.78, 5) is 42.7. The van der Waals surface area contributed by atoms with E-state index in [0.717, 1.165) is 18.4 Å². The van der Waals surface area contributed by atoms with Crippen molar-refractivity contribution in [3.05, 3.63) is 23.9 Å². The minimum Gasteiger partial charge on any atom is -0.337 e. The van der Waals surface area contributed by atoms with Crippen LogP contribution < -0.4 is 5.32 Å². The number of rotatable bonds is 3. The lowest BCUT2D eigenvalue weighted by molar-refractivity contribution is -0.131. The van der Waals surface area contributed by atoms with E-state index in [0.29, 0.717) is 31.0 Å². The summed E-state index contributed by atoms with van der Waals surface area (Å²) in [6.45, 7) is 2.84. The van der Waals surface area contributed by atoms with E-state index in [9.17, 15) is 14.4 Å². The molecule has 0 radical (unpaired) electrons. The fourth-order valence-electron chi connectivity index (χ4n) is 3.22. The highest BCUT2D eigenvalue weighted by Crippen LogP contribution is 2.21. The zero-order chi connectivity index (χ0) is 18.7. The average Bonchev–Trinajstić information content (AvgIpc) is 2.65. The van der Waals surface area contributed by atoms with Crippen molar-refractivity contribution in [2.75, 3.05) is 25.5 Å². The van der Waals surface area contributed by atoms with Crippen LogP contribution in [0.1, 0.15) is 31.2 Å². The van der Waals surface area contributed by atoms with Crippen molar-refractivity contribution in [3.8, 4) is 0 Å². The molecule has 0 bridgehead atoms. The fraction of sp³-hybridized carbons (Fsp3) is 0.500. The Morgan fingerprint density at radius 1 is 1.31 bits per heavy atom. The second kappa shape index (κ2) is 7.63. The van der Waals surface area contributed by atoms with Crippen molar-refractivity contribution < 1.29 is 14.4 Å². The molecule has 8 nitrogen and oxygen atoms in total. The van der Waals surface area contributed by atoms with Gasteiger partial charge in [-0.25, -0.2) is 9.99 Å². The Kier molecular flexibility index (Phi) is 5.29. The lowest BCUT2D eigenvalue weighted by Gasteiger charge is -2.33. The van der Waals surface area contributed by atoms with Crippen LogP contribution in [-0.4, -0.2) is 58.5 Å². The number of pyridine rings is 1. The van der Waals surface area contributed by atoms with Gasteiger partial charge >= 0.3 is 0 Å². The van der Waals surface area contributed by atoms with Crippen molar-refractivity contribution in [2.24, 2.45) is 11.0 Å². The first kappa shape index (κ1) is 18.0. The van der Waals surface area contributed by atoms with Crippen LogP contribution in [0.5, 0.6) is 0 Å². The predicted molar refractivity (Wildman–Crippen MR) is 96.3 cm³/mol. The molecule has 3 heterocycles. The molecule has 0 saturated carbocycles. The van der Waals surface area contributed by atoms with Crippen LogP contribution in [0.3, 0.4) is 0 Å². The first-order valence-corrected chi connectivity index (χ1v) is 8.81. The van der Waals surface area contributed by atoms with E-state index in [4.69, 9.17) is 0 Å². The molecule has 1 aromatic rings. The highest BCUT2D eigenvalue weighted by atomic mass is 16.2. The van der Waals surface area contributed by atoms with Gasteiger partial charge in [0, 0.05) is 39.2 Å². The van der Waals surface area contributed by atoms with Gasteiger partial charge in [0.25, 0.3) is 5.91 Å². The quantitative estimate of drug-likeness (QED) is 0.879. The second-order valence-electron chi connectivity index (χ2n) is 6.71. The number of anilines is 1. The molecule has 0 aliphatic carbocycles. The lowest BCUT2D eigenvalue weighted by atomic mass is 9.96. The number of hydrogen-bond acceptors (Lipinski definition) is 5. The summed E-state index contributed by atoms with van der Waals surface area (Å²) in [5, 5.41) is 8.16. The van der Waals surface area contributed by atoms with Gasteiger partial charge in [-0.05, 0) is 31.4 Å². The normalized spacial score (nSPS) is 20.6. The predicted octanol–water partition coefficient (Wildman–Crippen LogP) is 1.18. The minimum absolute atomic E-state index is 0.0943. The highest BCUT2D eigenvalue weighted by Gasteiger charge is 2.32. The largest absolute Gasteiger partial charge is 0.337 e. The standard InChI is InChI=1S/C18H23N5O3/c1-12-5-3-9-19-16(12)20-17(25)13-6-4-10-23(11-13)18(26)14-7-8-15(24)22(2)21-14/h3,5,9,13H,4,6-8,10-11H2,1-2H3,(H,19,20,25). The fourth-order valence-corrected chi connectivity index (χ4v) is 3.22. The van der Waals surface area contributed by atoms with Gasteiger partial charge in [-0.1, -0.05) is 6.07 Å². The minimum atomic E-state index is -0.280. The molecule has 3 rings (SSSR count). The van der Waals surface area contributed by atoms with Gasteiger partial charge in [-0.15, -0.1) is 0 Å². The Hall–Kier alpha value is -2.77. The number of aromatic nitrogens is 1. The smallest absolute Gasteiger partial charge is 0.270 e. The number of nitrogens with one attached hydrogen (secondary N) is 1. The van der Waals surface area contributed by atoms with E-state index in [2.05, 4.69) is 15.4 Å². The molecule has 1 unspecified atom stereocenters. The van der Waals surface area contributed by atoms with Crippen LogP contribution in [0.25, 0.3) is 0 Å². The molecule has 3 amide bonds. The Labute approximate surface area is 152 Å². The van der Waals surface area contributed by atoms with Gasteiger partial charge in [-0.2, -0.15) is 5.10 Å². The Morgan fingerprint density at radius 2 is 2.12 bits per heavy atom. The summed E-state index contributed by atoms with van der Waals surface area (Å²) in [5.41, 5.74) is 1.28. The van der Waals surface area contributed by atoms with E-state index >= 15 is 0 Å². The molecule has 1 saturated heterocycles. The van der Waals surface area contributed by atoms with Gasteiger partial charge in [0.1, 0.15) is 11.5 Å². The summed E-state index contributed by atoms with van der Waals surface area (Å²) in [7, 11) is 1.55. The van der Waals surface area contributed by atoms with Crippen molar-refractivity contribution in [1.82, 2.24) is 14.9 Å². The molecule has 2 aliphatic rings. The molecular formula is C18H23N5O3. The number of carbonyl (C=O) groups excluding carboxylic acids is 3. The summed E-state index contributed by atoms with van der Waals surface area (Å²) >= 11 is 0. The molecule has 26 heavy (non-hydrogen) atoms. The molecule has 1 fully saturated rings. The van der Waals surface area contributed by atoms with Crippen LogP contribution in [-0.2, 0) is 14.4 Å². The van der Waals surface area contributed by atoms with Crippen LogP contribution in [0.2, 0.25) is 0 Å². The van der Waals surface area contributed by atoms with Gasteiger partial charge in [0.15, 0.2) is 0 Å². The maximum atomic E-state index is 12.7. The number of aryl methyl sites for hydroxylation is 1. The molecule has 8 heteroatoms. The van der Waals surface area contributed by atoms with Crippen molar-refractivity contribution >= 4 is 29.3 Å². The SMILES string of the molecule is Cc1cccnc1NC(=O)C1CCCN(C(=O)C2=NN(C)C(=O)CC2)C1. The third-order valence-corrected chi connectivity index (χ3v) is 4.78. The van der Waals surface area contributed by atoms with Crippen molar-refractivity contribution in [1.29, 1.82) is 0 Å². The van der Waals surface area contributed by atoms with Crippen LogP contribution in [0, 0.1) is 12.8 Å². The molecule has 1 N–H and O–H groups in total. The molecule has 0 aromatic carbocycles. The van der Waals surface area contributed by atoms with E-state index in [1.807, 2.05) is 19.1 Å². The van der Waals surface area contributed by atoms with Crippen molar-refractivity contribution in [2.45, 2.75) is 32.6 Å². The first-order chi connectivity index (χ1) is 12.5. The molecule has 2 aliphatic heterocycles. The number of nitrogens with zero attached hydrogens (tertiary/aromatic N) is 4. The van der Waals surface area contributed by atoms with Gasteiger partial charge < -0.3 is 10.2 Å². The molecule has 1 atom stereocenters. The Bertz CT molecular complexity index is 761. The van der Waals surface area contributed by atoms with Crippen molar-refractivity contribution in [3.63, 3.8) is 0 Å². The monoisotopic (exact) mass is 357 g/mol. The van der Waals surface area contributed by atoms with E-state index in [1.54, 1.807) is 18.1 Å². The third kappa shape index (κ3) is 3.89. The van der Waals surface area contributed by atoms with Crippen LogP contribution >= 0.6 is 0 Å². The zero-order valence-electron chi connectivity index (χ0n) is 15.1. The van der Waals surface area contributed by atoms with E-state index in [-0.39, 0.29) is 30.1 Å². The van der Waals surface area contributed by atoms with Gasteiger partial charge in [-0.3, -0.25) is 14.4 Å². The molecule has 138 valence electrons. The first-order valence-electron chi connectivity index (χ1n) is 8.81. The number of amides is 3. The van der Waals surface area contributed by atoms with E-state index < -0.39 is 0 Å². The summed E-state index contributed by atoms with van der Waals surface area (Å²) < 4.78 is 0. The Morgan fingerprint density at radius 3 is 2.85 bits per heavy atom. The van der Waals surface area contributed by atoms with E-state index in [1.165, 1.54) is 5.01 Å². The molecular weight excluding hydrogens is 334 g/mol. The van der Waals surface area contributed by atoms with Crippen LogP contribution in [0.4, 0.5) is 5.82 Å². The second-order valence-corrected chi connectivity index (χ2v) is 6.71. The topological polar surface area (TPSA) is 95.0 Å². The summed E-state index contributed by atoms with van der Waals surface area (Å²) in [6, 6.07) is 3.71. The molecule has 0 spiro atoms. The number of hydrogen-bond donors (Lipinski definition) is 1. The number of piperidine rings is 1. The number of likely N-dealkylation sites (tertiary alicyclic amines) is 1. The third-order valence-electron chi connectivity index (χ3n) is 4.78.